The van der Waals surface area contributed by atoms with Gasteiger partial charge in [-0.2, -0.15) is 0 Å². The summed E-state index contributed by atoms with van der Waals surface area (Å²) in [7, 11) is 0. The summed E-state index contributed by atoms with van der Waals surface area (Å²) in [4.78, 5) is 12.2. The first kappa shape index (κ1) is 22.6. The molecule has 2 aromatic carbocycles. The van der Waals surface area contributed by atoms with Crippen molar-refractivity contribution in [2.45, 2.75) is 90.6 Å². The number of esters is 1. The van der Waals surface area contributed by atoms with Crippen LogP contribution in [0.3, 0.4) is 0 Å². The summed E-state index contributed by atoms with van der Waals surface area (Å²) < 4.78 is 5.69. The van der Waals surface area contributed by atoms with Crippen molar-refractivity contribution in [1.82, 2.24) is 0 Å². The Morgan fingerprint density at radius 1 is 0.767 bits per heavy atom. The molecule has 162 valence electrons. The maximum atomic E-state index is 12.2. The van der Waals surface area contributed by atoms with Crippen molar-refractivity contribution in [3.05, 3.63) is 59.7 Å². The number of carbonyl (C=O) groups excluding carboxylic acids is 1. The number of hydrogen-bond acceptors (Lipinski definition) is 2. The van der Waals surface area contributed by atoms with Gasteiger partial charge in [-0.1, -0.05) is 107 Å². The molecule has 0 saturated carbocycles. The second-order valence-corrected chi connectivity index (χ2v) is 8.84. The van der Waals surface area contributed by atoms with E-state index in [1.165, 1.54) is 68.1 Å². The average molecular weight is 407 g/mol. The highest BCUT2D eigenvalue weighted by atomic mass is 16.5. The Kier molecular flexibility index (Phi) is 8.99. The van der Waals surface area contributed by atoms with Gasteiger partial charge >= 0.3 is 5.97 Å². The summed E-state index contributed by atoms with van der Waals surface area (Å²) >= 11 is 0. The molecule has 1 aliphatic heterocycles. The van der Waals surface area contributed by atoms with E-state index < -0.39 is 0 Å². The normalized spacial score (nSPS) is 18.5. The molecule has 1 fully saturated rings. The van der Waals surface area contributed by atoms with E-state index >= 15 is 0 Å². The monoisotopic (exact) mass is 406 g/mol. The molecule has 0 N–H and O–H groups in total. The fraction of sp³-hybridized carbons (Fsp3) is 0.536. The Balaban J connectivity index is 1.53. The van der Waals surface area contributed by atoms with E-state index in [-0.39, 0.29) is 18.0 Å². The maximum Gasteiger partial charge on any atom is 0.309 e. The summed E-state index contributed by atoms with van der Waals surface area (Å²) in [6.45, 7) is 4.47. The zero-order valence-corrected chi connectivity index (χ0v) is 18.9. The molecule has 1 heterocycles. The summed E-state index contributed by atoms with van der Waals surface area (Å²) in [5.41, 5.74) is 5.01. The fourth-order valence-corrected chi connectivity index (χ4v) is 4.41. The van der Waals surface area contributed by atoms with E-state index in [1.807, 2.05) is 0 Å². The lowest BCUT2D eigenvalue weighted by Crippen LogP contribution is -2.06. The topological polar surface area (TPSA) is 26.3 Å². The van der Waals surface area contributed by atoms with Gasteiger partial charge in [0.25, 0.3) is 0 Å². The highest BCUT2D eigenvalue weighted by molar-refractivity contribution is 5.75. The highest BCUT2D eigenvalue weighted by Gasteiger charge is 2.34. The summed E-state index contributed by atoms with van der Waals surface area (Å²) in [5, 5.41) is 0. The number of benzene rings is 2. The number of unbranched alkanes of at least 4 members (excludes halogenated alkanes) is 6. The van der Waals surface area contributed by atoms with Gasteiger partial charge in [-0.3, -0.25) is 4.79 Å². The molecule has 0 aliphatic carbocycles. The smallest absolute Gasteiger partial charge is 0.309 e. The summed E-state index contributed by atoms with van der Waals surface area (Å²) in [6.07, 6.45) is 13.0. The molecule has 0 spiro atoms. The molecular formula is C28H38O2. The van der Waals surface area contributed by atoms with Gasteiger partial charge in [0.2, 0.25) is 0 Å². The zero-order valence-electron chi connectivity index (χ0n) is 18.9. The quantitative estimate of drug-likeness (QED) is 0.263. The molecule has 30 heavy (non-hydrogen) atoms. The predicted octanol–water partition coefficient (Wildman–Crippen LogP) is 8.05. The van der Waals surface area contributed by atoms with Gasteiger partial charge in [-0.05, 0) is 41.5 Å². The number of ether oxygens (including phenoxy) is 1. The van der Waals surface area contributed by atoms with Gasteiger partial charge in [0.15, 0.2) is 0 Å². The van der Waals surface area contributed by atoms with Crippen LogP contribution in [0.1, 0.15) is 95.3 Å². The van der Waals surface area contributed by atoms with Crippen LogP contribution >= 0.6 is 0 Å². The standard InChI is InChI=1S/C28H38O2/c1-3-5-7-9-11-22-13-15-23(16-14-22)24-17-19-25(20-18-24)27-21-26(28(29)30-27)12-10-8-6-4-2/h13-20,26-27H,3-12,21H2,1-2H3. The van der Waals surface area contributed by atoms with Crippen LogP contribution in [-0.4, -0.2) is 5.97 Å². The van der Waals surface area contributed by atoms with Crippen molar-refractivity contribution in [2.75, 3.05) is 0 Å². The van der Waals surface area contributed by atoms with Crippen LogP contribution in [0.2, 0.25) is 0 Å². The van der Waals surface area contributed by atoms with E-state index in [0.29, 0.717) is 0 Å². The van der Waals surface area contributed by atoms with Crippen molar-refractivity contribution >= 4 is 5.97 Å². The molecule has 0 amide bonds. The summed E-state index contributed by atoms with van der Waals surface area (Å²) in [6, 6.07) is 17.6. The number of hydrogen-bond donors (Lipinski definition) is 0. The van der Waals surface area contributed by atoms with E-state index in [0.717, 1.165) is 24.8 Å². The van der Waals surface area contributed by atoms with Gasteiger partial charge in [-0.25, -0.2) is 0 Å². The first-order valence-electron chi connectivity index (χ1n) is 12.1. The Labute approximate surface area is 183 Å². The second-order valence-electron chi connectivity index (χ2n) is 8.84. The van der Waals surface area contributed by atoms with Crippen LogP contribution in [0, 0.1) is 5.92 Å². The van der Waals surface area contributed by atoms with Crippen molar-refractivity contribution in [2.24, 2.45) is 5.92 Å². The van der Waals surface area contributed by atoms with Gasteiger partial charge < -0.3 is 4.74 Å². The number of rotatable bonds is 12. The zero-order chi connectivity index (χ0) is 21.2. The molecule has 0 aromatic heterocycles. The largest absolute Gasteiger partial charge is 0.457 e. The minimum Gasteiger partial charge on any atom is -0.457 e. The third-order valence-corrected chi connectivity index (χ3v) is 6.39. The van der Waals surface area contributed by atoms with Gasteiger partial charge in [0.05, 0.1) is 5.92 Å². The lowest BCUT2D eigenvalue weighted by molar-refractivity contribution is -0.144. The number of cyclic esters (lactones) is 1. The third-order valence-electron chi connectivity index (χ3n) is 6.39. The SMILES string of the molecule is CCCCCCc1ccc(-c2ccc(C3CC(CCCCCC)C(=O)O3)cc2)cc1. The Morgan fingerprint density at radius 3 is 2.00 bits per heavy atom. The van der Waals surface area contributed by atoms with Crippen LogP contribution in [0.4, 0.5) is 0 Å². The van der Waals surface area contributed by atoms with Crippen molar-refractivity contribution < 1.29 is 9.53 Å². The van der Waals surface area contributed by atoms with Crippen molar-refractivity contribution in [3.63, 3.8) is 0 Å². The van der Waals surface area contributed by atoms with Crippen molar-refractivity contribution in [3.8, 4) is 11.1 Å². The lowest BCUT2D eigenvalue weighted by Gasteiger charge is -2.11. The maximum absolute atomic E-state index is 12.2. The predicted molar refractivity (Wildman–Crippen MR) is 125 cm³/mol. The van der Waals surface area contributed by atoms with Crippen LogP contribution in [0.5, 0.6) is 0 Å². The highest BCUT2D eigenvalue weighted by Crippen LogP contribution is 2.36. The molecular weight excluding hydrogens is 368 g/mol. The van der Waals surface area contributed by atoms with E-state index in [4.69, 9.17) is 4.74 Å². The Morgan fingerprint density at radius 2 is 1.37 bits per heavy atom. The van der Waals surface area contributed by atoms with Crippen LogP contribution < -0.4 is 0 Å². The van der Waals surface area contributed by atoms with Gasteiger partial charge in [-0.15, -0.1) is 0 Å². The van der Waals surface area contributed by atoms with Crippen LogP contribution in [-0.2, 0) is 16.0 Å². The van der Waals surface area contributed by atoms with Crippen molar-refractivity contribution in [1.29, 1.82) is 0 Å². The molecule has 2 atom stereocenters. The minimum absolute atomic E-state index is 0.00454. The van der Waals surface area contributed by atoms with E-state index in [2.05, 4.69) is 62.4 Å². The number of aryl methyl sites for hydroxylation is 1. The first-order valence-corrected chi connectivity index (χ1v) is 12.1. The molecule has 2 heteroatoms. The van der Waals surface area contributed by atoms with Gasteiger partial charge in [0, 0.05) is 6.42 Å². The summed E-state index contributed by atoms with van der Waals surface area (Å²) in [5.74, 6) is 0.0755. The fourth-order valence-electron chi connectivity index (χ4n) is 4.41. The average Bonchev–Trinajstić information content (AvgIpc) is 3.15. The molecule has 2 nitrogen and oxygen atoms in total. The molecule has 1 aliphatic rings. The molecule has 0 radical (unpaired) electrons. The number of carbonyl (C=O) groups is 1. The third kappa shape index (κ3) is 6.45. The molecule has 2 aromatic rings. The van der Waals surface area contributed by atoms with Crippen LogP contribution in [0.25, 0.3) is 11.1 Å². The molecule has 0 bridgehead atoms. The second kappa shape index (κ2) is 11.9. The molecule has 1 saturated heterocycles. The Hall–Kier alpha value is -2.09. The lowest BCUT2D eigenvalue weighted by atomic mass is 9.94. The van der Waals surface area contributed by atoms with Gasteiger partial charge in [0.1, 0.15) is 6.10 Å². The first-order chi connectivity index (χ1) is 14.7. The van der Waals surface area contributed by atoms with Crippen LogP contribution in [0.15, 0.2) is 48.5 Å². The molecule has 2 unspecified atom stereocenters. The Bertz CT molecular complexity index is 760. The van der Waals surface area contributed by atoms with E-state index in [9.17, 15) is 4.79 Å². The molecule has 3 rings (SSSR count). The van der Waals surface area contributed by atoms with E-state index in [1.54, 1.807) is 0 Å². The minimum atomic E-state index is -0.0757.